The van der Waals surface area contributed by atoms with Gasteiger partial charge in [-0.2, -0.15) is 0 Å². The Morgan fingerprint density at radius 3 is 1.24 bits per heavy atom. The topological polar surface area (TPSA) is 325 Å². The highest BCUT2D eigenvalue weighted by Crippen LogP contribution is 2.39. The number of benzene rings is 5. The van der Waals surface area contributed by atoms with E-state index in [1.54, 1.807) is 72.3 Å². The number of aromatic amines is 4. The Morgan fingerprint density at radius 2 is 0.814 bits per heavy atom. The van der Waals surface area contributed by atoms with Crippen LogP contribution in [0.3, 0.4) is 0 Å². The summed E-state index contributed by atoms with van der Waals surface area (Å²) < 4.78 is 12.7. The number of carbonyl (C=O) groups is 10. The number of ether oxygens (including phenoxy) is 2. The van der Waals surface area contributed by atoms with Crippen LogP contribution in [0.5, 0.6) is 0 Å². The van der Waals surface area contributed by atoms with Crippen molar-refractivity contribution in [3.8, 4) is 56.3 Å². The summed E-state index contributed by atoms with van der Waals surface area (Å²) in [5, 5.41) is 0. The standard InChI is InChI=1S/C17H17N3O3.C15H12N2O3.2C14H12N2O2.C13H10N2O2.CH4/c1-10(20-6-8-23-9-7-20)17-18-13-11-4-2-3-5-12(11)15(21)16(22)14(13)19-17;18-13-9-5-2-1-4-8(9)11-12(14(13)19)17-15(16-11)10-6-3-7-20-10;1-7(2)14-15-10-8-5-3-4-6-9(8)12(17)13(18)11(10)16-14;1-3-10-15-11-8-6-4-5-7-9(8)13(17)14(18)12(11)16(10)2;1-2-9-14-10-7-5-3-4-6-8(7)12(16)13(17)11(10)15-9;/h2-5,10H,6-9H2,1H3,(H,18,19);1-2,4-5,10H,3,6-7H2,(H,16,17);3-7H,1-2H3,(H,15,16);4-7H,3H2,1-2H3;3-6H,2H2,1H3,(H,14,15);1H4. The molecule has 0 saturated carbocycles. The molecule has 2 atom stereocenters. The Balaban J connectivity index is 0.000000116. The highest BCUT2D eigenvalue weighted by Gasteiger charge is 2.39. The second-order valence-electron chi connectivity index (χ2n) is 23.9. The van der Waals surface area contributed by atoms with Gasteiger partial charge in [0, 0.05) is 101 Å². The number of hydrogen-bond donors (Lipinski definition) is 4. The number of hydrogen-bond acceptors (Lipinski definition) is 18. The van der Waals surface area contributed by atoms with Crippen LogP contribution in [0.15, 0.2) is 121 Å². The van der Waals surface area contributed by atoms with Gasteiger partial charge >= 0.3 is 0 Å². The second kappa shape index (κ2) is 26.9. The summed E-state index contributed by atoms with van der Waals surface area (Å²) in [6, 6.07) is 35.5. The highest BCUT2D eigenvalue weighted by atomic mass is 16.5. The monoisotopic (exact) mass is 1300 g/mol. The van der Waals surface area contributed by atoms with Crippen molar-refractivity contribution >= 4 is 57.8 Å². The smallest absolute Gasteiger partial charge is 0.252 e. The van der Waals surface area contributed by atoms with Crippen LogP contribution in [0.2, 0.25) is 0 Å². The molecule has 23 nitrogen and oxygen atoms in total. The Hall–Kier alpha value is -11.3. The SMILES string of the molecule is C.CC(C)c1nc2c([nH]1)C(=O)C(=O)c1ccccc1-2.CC(c1nc2c([nH]1)C(=O)C(=O)c1ccccc1-2)N1CCOCC1.CCc1nc2c([nH]1)C(=O)C(=O)c1ccccc1-2.CCc1nc2c(n1C)C(=O)C(=O)c1ccccc1-2.O=C1C(=O)c2[nH]c(C3CCCO3)nc2-c2ccccc21. The van der Waals surface area contributed by atoms with E-state index in [-0.39, 0.29) is 25.5 Å². The third-order valence-electron chi connectivity index (χ3n) is 17.8. The zero-order chi connectivity index (χ0) is 67.4. The molecule has 7 heterocycles. The van der Waals surface area contributed by atoms with Crippen molar-refractivity contribution in [2.75, 3.05) is 32.9 Å². The van der Waals surface area contributed by atoms with Gasteiger partial charge in [0.15, 0.2) is 0 Å². The first-order chi connectivity index (χ1) is 46.4. The van der Waals surface area contributed by atoms with Gasteiger partial charge in [0.1, 0.15) is 92.2 Å². The van der Waals surface area contributed by atoms with Crippen molar-refractivity contribution in [3.05, 3.63) is 207 Å². The minimum absolute atomic E-state index is 0. The number of aryl methyl sites for hydroxylation is 2. The Kier molecular flexibility index (Phi) is 18.2. The third-order valence-corrected chi connectivity index (χ3v) is 17.8. The maximum Gasteiger partial charge on any atom is 0.252 e. The van der Waals surface area contributed by atoms with E-state index in [1.165, 1.54) is 0 Å². The summed E-state index contributed by atoms with van der Waals surface area (Å²) in [5.41, 5.74) is 10.5. The molecule has 17 rings (SSSR count). The lowest BCUT2D eigenvalue weighted by Gasteiger charge is -2.31. The van der Waals surface area contributed by atoms with Crippen molar-refractivity contribution in [1.82, 2.24) is 54.3 Å². The van der Waals surface area contributed by atoms with Gasteiger partial charge in [0.05, 0.1) is 19.3 Å². The lowest BCUT2D eigenvalue weighted by molar-refractivity contribution is 0.0183. The molecule has 5 aromatic carbocycles. The third kappa shape index (κ3) is 11.7. The summed E-state index contributed by atoms with van der Waals surface area (Å²) in [7, 11) is 1.78. The molecule has 23 heteroatoms. The van der Waals surface area contributed by atoms with Gasteiger partial charge in [0.2, 0.25) is 28.9 Å². The summed E-state index contributed by atoms with van der Waals surface area (Å²) in [4.78, 5) is 157. The van der Waals surface area contributed by atoms with Crippen LogP contribution in [-0.2, 0) is 29.4 Å². The van der Waals surface area contributed by atoms with Crippen molar-refractivity contribution in [1.29, 1.82) is 0 Å². The number of carbonyl (C=O) groups excluding carboxylic acids is 10. The molecular weight excluding hydrogens is 1230 g/mol. The number of rotatable bonds is 6. The number of Topliss-reactive ketones (excluding diaryl/α,β-unsaturated/α-hetero) is 10. The first-order valence-electron chi connectivity index (χ1n) is 31.7. The van der Waals surface area contributed by atoms with Gasteiger partial charge < -0.3 is 34.0 Å². The maximum atomic E-state index is 12.3. The Bertz CT molecular complexity index is 4930. The molecule has 5 aromatic heterocycles. The summed E-state index contributed by atoms with van der Waals surface area (Å²) in [5.74, 6) is -0.956. The molecule has 97 heavy (non-hydrogen) atoms. The largest absolute Gasteiger partial charge is 0.379 e. The quantitative estimate of drug-likeness (QED) is 0.112. The molecule has 0 spiro atoms. The van der Waals surface area contributed by atoms with E-state index in [1.807, 2.05) is 95.3 Å². The van der Waals surface area contributed by atoms with Crippen LogP contribution in [0.25, 0.3) is 56.3 Å². The zero-order valence-corrected chi connectivity index (χ0v) is 53.2. The molecule has 2 aliphatic heterocycles. The molecule has 10 aromatic rings. The number of H-pyrrole nitrogens is 4. The maximum absolute atomic E-state index is 12.3. The van der Waals surface area contributed by atoms with Gasteiger partial charge in [-0.3, -0.25) is 52.8 Å². The molecule has 2 unspecified atom stereocenters. The van der Waals surface area contributed by atoms with E-state index < -0.39 is 57.8 Å². The van der Waals surface area contributed by atoms with Crippen molar-refractivity contribution in [2.45, 2.75) is 85.8 Å². The Labute approximate surface area is 555 Å². The molecule has 0 amide bonds. The first-order valence-corrected chi connectivity index (χ1v) is 31.7. The van der Waals surface area contributed by atoms with Crippen LogP contribution in [0.4, 0.5) is 0 Å². The minimum Gasteiger partial charge on any atom is -0.379 e. The fourth-order valence-electron chi connectivity index (χ4n) is 12.7. The number of ketones is 10. The highest BCUT2D eigenvalue weighted by molar-refractivity contribution is 6.55. The summed E-state index contributed by atoms with van der Waals surface area (Å²) >= 11 is 0. The van der Waals surface area contributed by atoms with Gasteiger partial charge in [-0.1, -0.05) is 156 Å². The molecule has 2 saturated heterocycles. The number of fused-ring (bicyclic) bond motifs is 15. The molecule has 7 aliphatic rings. The normalized spacial score (nSPS) is 16.3. The zero-order valence-electron chi connectivity index (χ0n) is 53.2. The molecule has 4 N–H and O–H groups in total. The number of aromatic nitrogens is 10. The van der Waals surface area contributed by atoms with E-state index in [0.717, 1.165) is 77.9 Å². The van der Waals surface area contributed by atoms with Gasteiger partial charge in [-0.15, -0.1) is 0 Å². The average molecular weight is 1300 g/mol. The van der Waals surface area contributed by atoms with E-state index in [9.17, 15) is 47.9 Å². The van der Waals surface area contributed by atoms with Crippen LogP contribution in [0, 0.1) is 0 Å². The van der Waals surface area contributed by atoms with Crippen molar-refractivity contribution in [2.24, 2.45) is 7.05 Å². The second-order valence-corrected chi connectivity index (χ2v) is 23.9. The van der Waals surface area contributed by atoms with Crippen LogP contribution < -0.4 is 0 Å². The van der Waals surface area contributed by atoms with Crippen molar-refractivity contribution in [3.63, 3.8) is 0 Å². The van der Waals surface area contributed by atoms with Crippen LogP contribution in [0.1, 0.15) is 206 Å². The first kappa shape index (κ1) is 65.8. The van der Waals surface area contributed by atoms with Crippen LogP contribution in [-0.4, -0.2) is 145 Å². The molecule has 2 fully saturated rings. The fraction of sp³-hybridized carbons (Fsp3) is 0.257. The lowest BCUT2D eigenvalue weighted by Crippen LogP contribution is -2.38. The van der Waals surface area contributed by atoms with Gasteiger partial charge in [-0.05, 0) is 19.8 Å². The molecule has 0 bridgehead atoms. The van der Waals surface area contributed by atoms with Gasteiger partial charge in [-0.25, -0.2) is 24.9 Å². The van der Waals surface area contributed by atoms with E-state index in [4.69, 9.17) is 9.47 Å². The Morgan fingerprint density at radius 1 is 0.433 bits per heavy atom. The number of morpholine rings is 1. The van der Waals surface area contributed by atoms with Gasteiger partial charge in [0.25, 0.3) is 28.9 Å². The summed E-state index contributed by atoms with van der Waals surface area (Å²) in [6.45, 7) is 13.7. The average Bonchev–Trinajstić information content (AvgIpc) is 1.68. The van der Waals surface area contributed by atoms with Crippen LogP contribution >= 0.6 is 0 Å². The predicted molar refractivity (Wildman–Crippen MR) is 356 cm³/mol. The van der Waals surface area contributed by atoms with E-state index >= 15 is 0 Å². The predicted octanol–water partition coefficient (Wildman–Crippen LogP) is 11.4. The molecular formula is C74H67N11O12. The van der Waals surface area contributed by atoms with E-state index in [0.29, 0.717) is 122 Å². The molecule has 5 aliphatic carbocycles. The number of nitrogens with zero attached hydrogens (tertiary/aromatic N) is 7. The van der Waals surface area contributed by atoms with Crippen molar-refractivity contribution < 1.29 is 57.4 Å². The van der Waals surface area contributed by atoms with E-state index in [2.05, 4.69) is 49.8 Å². The molecule has 0 radical (unpaired) electrons. The summed E-state index contributed by atoms with van der Waals surface area (Å²) in [6.07, 6.45) is 3.20. The molecule has 490 valence electrons. The number of nitrogens with one attached hydrogen (secondary N) is 4. The minimum atomic E-state index is -0.518. The lowest BCUT2D eigenvalue weighted by atomic mass is 9.90. The fourth-order valence-corrected chi connectivity index (χ4v) is 12.7. The number of imidazole rings is 5.